The molecule has 2 N–H and O–H groups in total. The number of halogens is 1. The highest BCUT2D eigenvalue weighted by Crippen LogP contribution is 2.28. The van der Waals surface area contributed by atoms with E-state index in [-0.39, 0.29) is 5.82 Å². The third kappa shape index (κ3) is 5.09. The van der Waals surface area contributed by atoms with Crippen LogP contribution in [0.4, 0.5) is 15.8 Å². The van der Waals surface area contributed by atoms with Crippen LogP contribution in [0.2, 0.25) is 0 Å². The zero-order valence-electron chi connectivity index (χ0n) is 16.5. The van der Waals surface area contributed by atoms with Gasteiger partial charge < -0.3 is 15.5 Å². The first-order valence-electron chi connectivity index (χ1n) is 10.0. The first-order chi connectivity index (χ1) is 13.6. The van der Waals surface area contributed by atoms with Crippen LogP contribution in [0.5, 0.6) is 0 Å². The standard InChI is InChI=1S/C23H29FN4/c1-18(10-13-25)27-14-11-23(12-15-27)28(17-19-4-3-5-20(24)16-19)22-8-6-21(26-2)7-9-22/h3-9,16,18,23H,10-15,17,25H2,1H3. The predicted molar refractivity (Wildman–Crippen MR) is 113 cm³/mol. The van der Waals surface area contributed by atoms with E-state index in [1.165, 1.54) is 6.07 Å². The number of rotatable bonds is 7. The van der Waals surface area contributed by atoms with E-state index < -0.39 is 0 Å². The van der Waals surface area contributed by atoms with Gasteiger partial charge >= 0.3 is 0 Å². The SMILES string of the molecule is [C-]#[N+]c1ccc(N(Cc2cccc(F)c2)C2CCN(C(C)CCN)CC2)cc1. The van der Waals surface area contributed by atoms with Gasteiger partial charge in [0.05, 0.1) is 6.57 Å². The number of nitrogens with two attached hydrogens (primary N) is 1. The molecule has 1 atom stereocenters. The van der Waals surface area contributed by atoms with Crippen LogP contribution < -0.4 is 10.6 Å². The van der Waals surface area contributed by atoms with Crippen LogP contribution in [0.3, 0.4) is 0 Å². The fraction of sp³-hybridized carbons (Fsp3) is 0.435. The molecule has 1 fully saturated rings. The zero-order chi connectivity index (χ0) is 19.9. The molecular formula is C23H29FN4. The summed E-state index contributed by atoms with van der Waals surface area (Å²) in [7, 11) is 0. The van der Waals surface area contributed by atoms with Crippen LogP contribution in [0.15, 0.2) is 48.5 Å². The van der Waals surface area contributed by atoms with Gasteiger partial charge in [0.1, 0.15) is 5.82 Å². The van der Waals surface area contributed by atoms with Crippen LogP contribution in [-0.2, 0) is 6.54 Å². The average Bonchev–Trinajstić information content (AvgIpc) is 2.72. The molecule has 0 spiro atoms. The van der Waals surface area contributed by atoms with Crippen molar-refractivity contribution in [1.29, 1.82) is 0 Å². The molecule has 1 saturated heterocycles. The van der Waals surface area contributed by atoms with E-state index in [1.54, 1.807) is 12.1 Å². The molecule has 0 aromatic heterocycles. The second-order valence-electron chi connectivity index (χ2n) is 7.58. The molecule has 3 rings (SSSR count). The Balaban J connectivity index is 1.77. The van der Waals surface area contributed by atoms with Crippen molar-refractivity contribution in [3.05, 3.63) is 71.3 Å². The van der Waals surface area contributed by atoms with Gasteiger partial charge in [-0.2, -0.15) is 0 Å². The minimum absolute atomic E-state index is 0.203. The Morgan fingerprint density at radius 2 is 1.93 bits per heavy atom. The molecule has 5 heteroatoms. The lowest BCUT2D eigenvalue weighted by Gasteiger charge is -2.42. The lowest BCUT2D eigenvalue weighted by atomic mass is 9.99. The van der Waals surface area contributed by atoms with E-state index >= 15 is 0 Å². The van der Waals surface area contributed by atoms with E-state index in [0.29, 0.717) is 24.3 Å². The average molecular weight is 381 g/mol. The summed E-state index contributed by atoms with van der Waals surface area (Å²) in [5.41, 5.74) is 8.42. The molecule has 2 aromatic carbocycles. The molecule has 0 radical (unpaired) electrons. The molecule has 148 valence electrons. The predicted octanol–water partition coefficient (Wildman–Crippen LogP) is 4.58. The van der Waals surface area contributed by atoms with Gasteiger partial charge in [-0.3, -0.25) is 0 Å². The Morgan fingerprint density at radius 3 is 2.54 bits per heavy atom. The van der Waals surface area contributed by atoms with Crippen LogP contribution in [0, 0.1) is 12.4 Å². The molecule has 1 unspecified atom stereocenters. The topological polar surface area (TPSA) is 36.9 Å². The Hall–Kier alpha value is -2.42. The highest BCUT2D eigenvalue weighted by Gasteiger charge is 2.27. The normalized spacial score (nSPS) is 16.5. The molecule has 0 saturated carbocycles. The van der Waals surface area contributed by atoms with Crippen molar-refractivity contribution in [2.45, 2.75) is 44.8 Å². The minimum atomic E-state index is -0.203. The van der Waals surface area contributed by atoms with Gasteiger partial charge in [0.2, 0.25) is 0 Å². The van der Waals surface area contributed by atoms with Crippen molar-refractivity contribution in [3.63, 3.8) is 0 Å². The molecule has 0 bridgehead atoms. The lowest BCUT2D eigenvalue weighted by molar-refractivity contribution is 0.154. The quantitative estimate of drug-likeness (QED) is 0.714. The van der Waals surface area contributed by atoms with Gasteiger partial charge in [-0.1, -0.05) is 24.3 Å². The highest BCUT2D eigenvalue weighted by molar-refractivity contribution is 5.56. The van der Waals surface area contributed by atoms with Crippen molar-refractivity contribution in [3.8, 4) is 0 Å². The Bertz CT molecular complexity index is 791. The summed E-state index contributed by atoms with van der Waals surface area (Å²) in [5, 5.41) is 0. The van der Waals surface area contributed by atoms with E-state index in [1.807, 2.05) is 30.3 Å². The molecule has 0 amide bonds. The first kappa shape index (κ1) is 20.3. The van der Waals surface area contributed by atoms with E-state index in [2.05, 4.69) is 21.6 Å². The van der Waals surface area contributed by atoms with Gasteiger partial charge in [-0.15, -0.1) is 0 Å². The highest BCUT2D eigenvalue weighted by atomic mass is 19.1. The molecular weight excluding hydrogens is 351 g/mol. The third-order valence-corrected chi connectivity index (χ3v) is 5.70. The Kier molecular flexibility index (Phi) is 7.02. The molecule has 0 aliphatic carbocycles. The number of likely N-dealkylation sites (tertiary alicyclic amines) is 1. The Morgan fingerprint density at radius 1 is 1.21 bits per heavy atom. The van der Waals surface area contributed by atoms with Crippen LogP contribution in [0.25, 0.3) is 4.85 Å². The summed E-state index contributed by atoms with van der Waals surface area (Å²) in [4.78, 5) is 8.38. The van der Waals surface area contributed by atoms with Gasteiger partial charge in [0.25, 0.3) is 0 Å². The van der Waals surface area contributed by atoms with Gasteiger partial charge in [0, 0.05) is 37.4 Å². The van der Waals surface area contributed by atoms with Crippen LogP contribution >= 0.6 is 0 Å². The van der Waals surface area contributed by atoms with E-state index in [4.69, 9.17) is 12.3 Å². The number of hydrogen-bond donors (Lipinski definition) is 1. The third-order valence-electron chi connectivity index (χ3n) is 5.70. The van der Waals surface area contributed by atoms with E-state index in [9.17, 15) is 4.39 Å². The summed E-state index contributed by atoms with van der Waals surface area (Å²) in [6.07, 6.45) is 3.15. The zero-order valence-corrected chi connectivity index (χ0v) is 16.5. The number of nitrogens with zero attached hydrogens (tertiary/aromatic N) is 3. The maximum absolute atomic E-state index is 13.7. The monoisotopic (exact) mass is 380 g/mol. The summed E-state index contributed by atoms with van der Waals surface area (Å²) < 4.78 is 13.7. The maximum Gasteiger partial charge on any atom is 0.187 e. The van der Waals surface area contributed by atoms with Gasteiger partial charge in [0.15, 0.2) is 5.69 Å². The summed E-state index contributed by atoms with van der Waals surface area (Å²) >= 11 is 0. The molecule has 1 heterocycles. The second-order valence-corrected chi connectivity index (χ2v) is 7.58. The van der Waals surface area contributed by atoms with Crippen LogP contribution in [-0.4, -0.2) is 36.6 Å². The molecule has 2 aromatic rings. The van der Waals surface area contributed by atoms with Crippen molar-refractivity contribution in [2.24, 2.45) is 5.73 Å². The summed E-state index contributed by atoms with van der Waals surface area (Å²) in [6, 6.07) is 15.5. The van der Waals surface area contributed by atoms with E-state index in [0.717, 1.165) is 50.1 Å². The van der Waals surface area contributed by atoms with Crippen molar-refractivity contribution >= 4 is 11.4 Å². The number of anilines is 1. The van der Waals surface area contributed by atoms with Crippen molar-refractivity contribution in [2.75, 3.05) is 24.5 Å². The first-order valence-corrected chi connectivity index (χ1v) is 10.0. The smallest absolute Gasteiger partial charge is 0.187 e. The van der Waals surface area contributed by atoms with Gasteiger partial charge in [-0.25, -0.2) is 9.24 Å². The fourth-order valence-electron chi connectivity index (χ4n) is 4.04. The fourth-order valence-corrected chi connectivity index (χ4v) is 4.04. The van der Waals surface area contributed by atoms with Crippen LogP contribution in [0.1, 0.15) is 31.7 Å². The van der Waals surface area contributed by atoms with Crippen molar-refractivity contribution in [1.82, 2.24) is 4.90 Å². The molecule has 1 aliphatic heterocycles. The molecule has 1 aliphatic rings. The summed E-state index contributed by atoms with van der Waals surface area (Å²) in [6.45, 7) is 12.9. The largest absolute Gasteiger partial charge is 0.364 e. The number of benzene rings is 2. The Labute approximate surface area is 167 Å². The molecule has 4 nitrogen and oxygen atoms in total. The maximum atomic E-state index is 13.7. The minimum Gasteiger partial charge on any atom is -0.364 e. The lowest BCUT2D eigenvalue weighted by Crippen LogP contribution is -2.47. The number of piperidine rings is 1. The van der Waals surface area contributed by atoms with Crippen molar-refractivity contribution < 1.29 is 4.39 Å². The summed E-state index contributed by atoms with van der Waals surface area (Å²) in [5.74, 6) is -0.203. The van der Waals surface area contributed by atoms with Gasteiger partial charge in [-0.05, 0) is 62.6 Å². The second kappa shape index (κ2) is 9.68. The molecule has 28 heavy (non-hydrogen) atoms. The number of hydrogen-bond acceptors (Lipinski definition) is 3.